The molecule has 39 heavy (non-hydrogen) atoms. The van der Waals surface area contributed by atoms with Gasteiger partial charge in [0.05, 0.1) is 25.1 Å². The van der Waals surface area contributed by atoms with E-state index in [1.165, 1.54) is 25.3 Å². The molecule has 1 N–H and O–H groups in total. The SMILES string of the molecule is CCOC(=O)CN(c1cc(C)cc(OCCNc2c(Cl)c(Cl)nc(Cl)c2Cl)c1)S(=O)(=O)c1ccccc1OC. The molecule has 1 aromatic heterocycles. The Morgan fingerprint density at radius 2 is 1.72 bits per heavy atom. The molecule has 0 aliphatic carbocycles. The Bertz CT molecular complexity index is 1430. The van der Waals surface area contributed by atoms with Crippen molar-refractivity contribution in [3.05, 3.63) is 68.4 Å². The van der Waals surface area contributed by atoms with E-state index in [9.17, 15) is 13.2 Å². The average molecular weight is 637 g/mol. The smallest absolute Gasteiger partial charge is 0.326 e. The molecule has 0 atom stereocenters. The van der Waals surface area contributed by atoms with E-state index in [1.807, 2.05) is 0 Å². The molecule has 210 valence electrons. The molecule has 0 fully saturated rings. The number of hydrogen-bond donors (Lipinski definition) is 1. The minimum Gasteiger partial charge on any atom is -0.495 e. The number of nitrogens with zero attached hydrogens (tertiary/aromatic N) is 2. The van der Waals surface area contributed by atoms with Gasteiger partial charge in [0.15, 0.2) is 10.3 Å². The second kappa shape index (κ2) is 13.6. The summed E-state index contributed by atoms with van der Waals surface area (Å²) < 4.78 is 44.6. The number of halogens is 4. The van der Waals surface area contributed by atoms with Gasteiger partial charge in [0, 0.05) is 12.6 Å². The number of carbonyl (C=O) groups is 1. The number of carbonyl (C=O) groups excluding carboxylic acids is 1. The van der Waals surface area contributed by atoms with E-state index >= 15 is 0 Å². The number of hydrogen-bond acceptors (Lipinski definition) is 8. The van der Waals surface area contributed by atoms with Crippen LogP contribution in [0.25, 0.3) is 0 Å². The molecule has 0 saturated heterocycles. The summed E-state index contributed by atoms with van der Waals surface area (Å²) in [5.41, 5.74) is 1.20. The second-order valence-corrected chi connectivity index (χ2v) is 11.2. The number of aromatic nitrogens is 1. The summed E-state index contributed by atoms with van der Waals surface area (Å²) in [6.07, 6.45) is 0. The molecule has 0 amide bonds. The number of esters is 1. The molecule has 0 saturated carbocycles. The quantitative estimate of drug-likeness (QED) is 0.141. The van der Waals surface area contributed by atoms with Crippen LogP contribution in [0.3, 0.4) is 0 Å². The predicted octanol–water partition coefficient (Wildman–Crippen LogP) is 6.26. The number of pyridine rings is 1. The van der Waals surface area contributed by atoms with Crippen molar-refractivity contribution in [1.82, 2.24) is 4.98 Å². The topological polar surface area (TPSA) is 107 Å². The summed E-state index contributed by atoms with van der Waals surface area (Å²) in [6, 6.07) is 11.0. The molecule has 0 radical (unpaired) electrons. The number of anilines is 2. The first-order chi connectivity index (χ1) is 18.5. The molecule has 0 unspecified atom stereocenters. The molecule has 0 aliphatic heterocycles. The van der Waals surface area contributed by atoms with Crippen molar-refractivity contribution in [2.24, 2.45) is 0 Å². The lowest BCUT2D eigenvalue weighted by atomic mass is 10.2. The van der Waals surface area contributed by atoms with Crippen LogP contribution in [0.2, 0.25) is 20.4 Å². The molecular formula is C25H25Cl4N3O6S. The number of nitrogens with one attached hydrogen (secondary N) is 1. The van der Waals surface area contributed by atoms with Crippen LogP contribution in [0.5, 0.6) is 11.5 Å². The standard InChI is InChI=1S/C25H25Cl4N3O6S/c1-4-37-20(33)14-32(39(34,35)19-8-6-5-7-18(19)36-3)16-11-15(2)12-17(13-16)38-10-9-30-23-21(26)24(28)31-25(29)22(23)27/h5-8,11-13H,4,9-10,14H2,1-3H3,(H,30,31). The lowest BCUT2D eigenvalue weighted by Crippen LogP contribution is -2.37. The number of para-hydroxylation sites is 1. The van der Waals surface area contributed by atoms with Crippen LogP contribution < -0.4 is 19.1 Å². The predicted molar refractivity (Wildman–Crippen MR) is 154 cm³/mol. The second-order valence-electron chi connectivity index (χ2n) is 7.94. The first-order valence-electron chi connectivity index (χ1n) is 11.5. The fourth-order valence-electron chi connectivity index (χ4n) is 3.53. The fourth-order valence-corrected chi connectivity index (χ4v) is 5.94. The molecule has 2 aromatic carbocycles. The summed E-state index contributed by atoms with van der Waals surface area (Å²) in [7, 11) is -2.88. The van der Waals surface area contributed by atoms with Crippen molar-refractivity contribution >= 4 is 73.8 Å². The number of aryl methyl sites for hydroxylation is 1. The zero-order valence-corrected chi connectivity index (χ0v) is 25.0. The van der Waals surface area contributed by atoms with Crippen molar-refractivity contribution in [1.29, 1.82) is 0 Å². The Labute approximate surface area is 246 Å². The van der Waals surface area contributed by atoms with Crippen LogP contribution in [-0.4, -0.2) is 52.8 Å². The highest BCUT2D eigenvalue weighted by atomic mass is 35.5. The van der Waals surface area contributed by atoms with Gasteiger partial charge in [-0.25, -0.2) is 13.4 Å². The molecule has 3 aromatic rings. The van der Waals surface area contributed by atoms with Gasteiger partial charge in [-0.3, -0.25) is 9.10 Å². The van der Waals surface area contributed by atoms with Gasteiger partial charge in [-0.15, -0.1) is 0 Å². The van der Waals surface area contributed by atoms with Crippen LogP contribution in [0.4, 0.5) is 11.4 Å². The van der Waals surface area contributed by atoms with E-state index in [0.29, 0.717) is 17.0 Å². The van der Waals surface area contributed by atoms with Gasteiger partial charge in [-0.1, -0.05) is 58.5 Å². The maximum absolute atomic E-state index is 13.7. The number of ether oxygens (including phenoxy) is 3. The maximum atomic E-state index is 13.7. The molecular weight excluding hydrogens is 612 g/mol. The van der Waals surface area contributed by atoms with E-state index < -0.39 is 22.5 Å². The number of sulfonamides is 1. The monoisotopic (exact) mass is 635 g/mol. The molecule has 0 bridgehead atoms. The highest BCUT2D eigenvalue weighted by Gasteiger charge is 2.31. The van der Waals surface area contributed by atoms with Crippen LogP contribution in [0, 0.1) is 6.92 Å². The average Bonchev–Trinajstić information content (AvgIpc) is 2.90. The van der Waals surface area contributed by atoms with Gasteiger partial charge < -0.3 is 19.5 Å². The minimum absolute atomic E-state index is 0.00393. The molecule has 0 aliphatic rings. The van der Waals surface area contributed by atoms with Gasteiger partial charge in [-0.05, 0) is 43.7 Å². The third-order valence-corrected chi connectivity index (χ3v) is 8.50. The van der Waals surface area contributed by atoms with E-state index in [4.69, 9.17) is 60.6 Å². The third kappa shape index (κ3) is 7.52. The van der Waals surface area contributed by atoms with Crippen molar-refractivity contribution in [2.75, 3.05) is 43.0 Å². The van der Waals surface area contributed by atoms with E-state index in [2.05, 4.69) is 10.3 Å². The first-order valence-corrected chi connectivity index (χ1v) is 14.4. The Kier molecular flexibility index (Phi) is 10.8. The van der Waals surface area contributed by atoms with Crippen molar-refractivity contribution in [3.8, 4) is 11.5 Å². The highest BCUT2D eigenvalue weighted by Crippen LogP contribution is 2.38. The number of methoxy groups -OCH3 is 1. The summed E-state index contributed by atoms with van der Waals surface area (Å²) in [4.78, 5) is 16.2. The number of benzene rings is 2. The summed E-state index contributed by atoms with van der Waals surface area (Å²) in [5.74, 6) is -0.221. The van der Waals surface area contributed by atoms with Crippen LogP contribution in [0.15, 0.2) is 47.4 Å². The summed E-state index contributed by atoms with van der Waals surface area (Å²) >= 11 is 24.3. The van der Waals surface area contributed by atoms with Crippen molar-refractivity contribution < 1.29 is 27.4 Å². The molecule has 9 nitrogen and oxygen atoms in total. The Hall–Kier alpha value is -2.63. The molecule has 3 rings (SSSR count). The highest BCUT2D eigenvalue weighted by molar-refractivity contribution is 7.93. The van der Waals surface area contributed by atoms with Crippen molar-refractivity contribution in [2.45, 2.75) is 18.7 Å². The van der Waals surface area contributed by atoms with Gasteiger partial charge >= 0.3 is 5.97 Å². The summed E-state index contributed by atoms with van der Waals surface area (Å²) in [5, 5.41) is 3.22. The van der Waals surface area contributed by atoms with Crippen LogP contribution in [-0.2, 0) is 19.6 Å². The largest absolute Gasteiger partial charge is 0.495 e. The van der Waals surface area contributed by atoms with Gasteiger partial charge in [-0.2, -0.15) is 0 Å². The number of rotatable bonds is 12. The van der Waals surface area contributed by atoms with Gasteiger partial charge in [0.1, 0.15) is 39.6 Å². The fraction of sp³-hybridized carbons (Fsp3) is 0.280. The summed E-state index contributed by atoms with van der Waals surface area (Å²) in [6.45, 7) is 3.32. The normalized spacial score (nSPS) is 11.2. The molecule has 14 heteroatoms. The Balaban J connectivity index is 1.88. The van der Waals surface area contributed by atoms with Gasteiger partial charge in [0.25, 0.3) is 10.0 Å². The first kappa shape index (κ1) is 30.9. The Morgan fingerprint density at radius 1 is 1.05 bits per heavy atom. The zero-order valence-electron chi connectivity index (χ0n) is 21.1. The minimum atomic E-state index is -4.24. The molecule has 0 spiro atoms. The lowest BCUT2D eigenvalue weighted by molar-refractivity contribution is -0.141. The molecule has 1 heterocycles. The van der Waals surface area contributed by atoms with E-state index in [-0.39, 0.29) is 56.4 Å². The van der Waals surface area contributed by atoms with Gasteiger partial charge in [0.2, 0.25) is 0 Å². The van der Waals surface area contributed by atoms with Crippen LogP contribution in [0.1, 0.15) is 12.5 Å². The Morgan fingerprint density at radius 3 is 2.36 bits per heavy atom. The lowest BCUT2D eigenvalue weighted by Gasteiger charge is -2.25. The zero-order chi connectivity index (χ0) is 28.7. The van der Waals surface area contributed by atoms with E-state index in [1.54, 1.807) is 38.1 Å². The maximum Gasteiger partial charge on any atom is 0.326 e. The van der Waals surface area contributed by atoms with Crippen LogP contribution >= 0.6 is 46.4 Å². The van der Waals surface area contributed by atoms with Crippen molar-refractivity contribution in [3.63, 3.8) is 0 Å². The third-order valence-electron chi connectivity index (χ3n) is 5.21. The van der Waals surface area contributed by atoms with E-state index in [0.717, 1.165) is 4.31 Å².